The van der Waals surface area contributed by atoms with Crippen LogP contribution in [0.25, 0.3) is 0 Å². The summed E-state index contributed by atoms with van der Waals surface area (Å²) >= 11 is 0. The van der Waals surface area contributed by atoms with Gasteiger partial charge in [-0.15, -0.1) is 0 Å². The number of carbonyl (C=O) groups is 1. The second kappa shape index (κ2) is 6.18. The molecular formula is C16H28N3O2+. The van der Waals surface area contributed by atoms with Gasteiger partial charge in [0.05, 0.1) is 18.8 Å². The van der Waals surface area contributed by atoms with Crippen LogP contribution in [-0.2, 0) is 10.2 Å². The number of rotatable bonds is 3. The Labute approximate surface area is 127 Å². The van der Waals surface area contributed by atoms with Crippen molar-refractivity contribution >= 4 is 11.8 Å². The summed E-state index contributed by atoms with van der Waals surface area (Å²) in [7, 11) is 0. The molecule has 0 radical (unpaired) electrons. The van der Waals surface area contributed by atoms with Crippen LogP contribution in [0.1, 0.15) is 46.7 Å². The van der Waals surface area contributed by atoms with Crippen LogP contribution in [-0.4, -0.2) is 30.7 Å². The standard InChI is InChI=1S/C16H27N3O2/c1-11-6-12(2)9-19(8-11)10-14(20)17-15-7-13(18-21-15)16(3,4)5/h7,11-12H,6,8-10H2,1-5H3,(H,17,20)/p+1/t11-,12-/m1/s1. The van der Waals surface area contributed by atoms with E-state index in [1.807, 2.05) is 6.07 Å². The highest BCUT2D eigenvalue weighted by Gasteiger charge is 2.27. The maximum Gasteiger partial charge on any atom is 0.281 e. The summed E-state index contributed by atoms with van der Waals surface area (Å²) in [6.07, 6.45) is 1.27. The first kappa shape index (κ1) is 16.0. The number of quaternary nitrogens is 1. The lowest BCUT2D eigenvalue weighted by molar-refractivity contribution is -0.904. The summed E-state index contributed by atoms with van der Waals surface area (Å²) < 4.78 is 5.20. The van der Waals surface area contributed by atoms with Gasteiger partial charge in [-0.2, -0.15) is 0 Å². The van der Waals surface area contributed by atoms with Crippen molar-refractivity contribution in [2.45, 2.75) is 46.5 Å². The molecule has 5 nitrogen and oxygen atoms in total. The lowest BCUT2D eigenvalue weighted by Gasteiger charge is -2.31. The SMILES string of the molecule is C[C@@H]1C[C@@H](C)C[NH+](CC(=O)Nc2cc(C(C)(C)C)no2)C1. The molecule has 2 heterocycles. The van der Waals surface area contributed by atoms with Crippen LogP contribution < -0.4 is 10.2 Å². The highest BCUT2D eigenvalue weighted by atomic mass is 16.5. The Balaban J connectivity index is 1.88. The maximum absolute atomic E-state index is 12.1. The largest absolute Gasteiger partial charge is 0.338 e. The molecule has 21 heavy (non-hydrogen) atoms. The van der Waals surface area contributed by atoms with Gasteiger partial charge in [-0.25, -0.2) is 0 Å². The fraction of sp³-hybridized carbons (Fsp3) is 0.750. The average molecular weight is 294 g/mol. The molecule has 0 unspecified atom stereocenters. The first-order valence-electron chi connectivity index (χ1n) is 7.84. The molecule has 118 valence electrons. The molecule has 2 rings (SSSR count). The van der Waals surface area contributed by atoms with Gasteiger partial charge >= 0.3 is 0 Å². The van der Waals surface area contributed by atoms with E-state index >= 15 is 0 Å². The number of anilines is 1. The molecule has 2 atom stereocenters. The number of nitrogens with one attached hydrogen (secondary N) is 2. The monoisotopic (exact) mass is 294 g/mol. The molecule has 0 saturated carbocycles. The van der Waals surface area contributed by atoms with Gasteiger partial charge in [0.1, 0.15) is 0 Å². The third-order valence-electron chi connectivity index (χ3n) is 4.03. The Morgan fingerprint density at radius 1 is 1.38 bits per heavy atom. The number of likely N-dealkylation sites (tertiary alicyclic amines) is 1. The number of piperidine rings is 1. The predicted octanol–water partition coefficient (Wildman–Crippen LogP) is 1.47. The minimum absolute atomic E-state index is 0.00269. The minimum Gasteiger partial charge on any atom is -0.338 e. The summed E-state index contributed by atoms with van der Waals surface area (Å²) in [6, 6.07) is 1.81. The van der Waals surface area contributed by atoms with Crippen molar-refractivity contribution in [3.05, 3.63) is 11.8 Å². The Morgan fingerprint density at radius 3 is 2.52 bits per heavy atom. The smallest absolute Gasteiger partial charge is 0.281 e. The highest BCUT2D eigenvalue weighted by molar-refractivity contribution is 5.90. The topological polar surface area (TPSA) is 59.6 Å². The lowest BCUT2D eigenvalue weighted by Crippen LogP contribution is -3.15. The van der Waals surface area contributed by atoms with Crippen LogP contribution in [0.15, 0.2) is 10.6 Å². The first-order valence-corrected chi connectivity index (χ1v) is 7.84. The van der Waals surface area contributed by atoms with Crippen LogP contribution in [0.5, 0.6) is 0 Å². The van der Waals surface area contributed by atoms with Gasteiger partial charge in [-0.1, -0.05) is 39.8 Å². The number of aromatic nitrogens is 1. The minimum atomic E-state index is -0.0739. The third kappa shape index (κ3) is 4.56. The van der Waals surface area contributed by atoms with E-state index in [-0.39, 0.29) is 11.3 Å². The summed E-state index contributed by atoms with van der Waals surface area (Å²) in [5.74, 6) is 1.83. The number of amides is 1. The Morgan fingerprint density at radius 2 is 2.00 bits per heavy atom. The molecule has 1 fully saturated rings. The van der Waals surface area contributed by atoms with Crippen LogP contribution in [0.2, 0.25) is 0 Å². The van der Waals surface area contributed by atoms with Crippen LogP contribution in [0.4, 0.5) is 5.88 Å². The molecule has 0 aliphatic carbocycles. The molecule has 0 aromatic carbocycles. The summed E-state index contributed by atoms with van der Waals surface area (Å²) in [5, 5.41) is 6.84. The third-order valence-corrected chi connectivity index (χ3v) is 4.03. The van der Waals surface area contributed by atoms with Crippen molar-refractivity contribution in [2.24, 2.45) is 11.8 Å². The molecule has 2 N–H and O–H groups in total. The molecular weight excluding hydrogens is 266 g/mol. The number of nitrogens with zero attached hydrogens (tertiary/aromatic N) is 1. The van der Waals surface area contributed by atoms with E-state index in [0.717, 1.165) is 18.8 Å². The van der Waals surface area contributed by atoms with Gasteiger partial charge in [0.2, 0.25) is 5.88 Å². The Bertz CT molecular complexity index is 480. The van der Waals surface area contributed by atoms with Crippen molar-refractivity contribution in [1.29, 1.82) is 0 Å². The molecule has 1 aliphatic heterocycles. The van der Waals surface area contributed by atoms with Crippen molar-refractivity contribution < 1.29 is 14.2 Å². The van der Waals surface area contributed by atoms with Crippen molar-refractivity contribution in [3.63, 3.8) is 0 Å². The van der Waals surface area contributed by atoms with Crippen LogP contribution >= 0.6 is 0 Å². The second-order valence-corrected chi connectivity index (χ2v) is 7.66. The molecule has 5 heteroatoms. The molecule has 1 aliphatic rings. The Kier molecular flexibility index (Phi) is 4.71. The summed E-state index contributed by atoms with van der Waals surface area (Å²) in [4.78, 5) is 13.5. The molecule has 0 bridgehead atoms. The lowest BCUT2D eigenvalue weighted by atomic mass is 9.92. The van der Waals surface area contributed by atoms with Crippen molar-refractivity contribution in [3.8, 4) is 0 Å². The quantitative estimate of drug-likeness (QED) is 0.887. The fourth-order valence-electron chi connectivity index (χ4n) is 3.16. The van der Waals surface area contributed by atoms with Crippen molar-refractivity contribution in [1.82, 2.24) is 5.16 Å². The van der Waals surface area contributed by atoms with Gasteiger partial charge in [-0.05, 0) is 6.42 Å². The van der Waals surface area contributed by atoms with Gasteiger partial charge in [0, 0.05) is 23.3 Å². The fourth-order valence-corrected chi connectivity index (χ4v) is 3.16. The van der Waals surface area contributed by atoms with Gasteiger partial charge in [0.25, 0.3) is 5.91 Å². The zero-order valence-corrected chi connectivity index (χ0v) is 13.8. The predicted molar refractivity (Wildman–Crippen MR) is 82.3 cm³/mol. The van der Waals surface area contributed by atoms with Gasteiger partial charge in [-0.3, -0.25) is 10.1 Å². The van der Waals surface area contributed by atoms with E-state index in [1.54, 1.807) is 0 Å². The molecule has 0 spiro atoms. The van der Waals surface area contributed by atoms with Crippen LogP contribution in [0.3, 0.4) is 0 Å². The zero-order chi connectivity index (χ0) is 15.6. The van der Waals surface area contributed by atoms with Gasteiger partial charge < -0.3 is 9.42 Å². The molecule has 1 amide bonds. The van der Waals surface area contributed by atoms with E-state index in [2.05, 4.69) is 45.1 Å². The van der Waals surface area contributed by atoms with E-state index < -0.39 is 0 Å². The van der Waals surface area contributed by atoms with E-state index in [0.29, 0.717) is 24.3 Å². The average Bonchev–Trinajstić information content (AvgIpc) is 2.75. The van der Waals surface area contributed by atoms with E-state index in [1.165, 1.54) is 11.3 Å². The van der Waals surface area contributed by atoms with E-state index in [4.69, 9.17) is 4.52 Å². The number of hydrogen-bond acceptors (Lipinski definition) is 3. The summed E-state index contributed by atoms with van der Waals surface area (Å²) in [6.45, 7) is 13.4. The first-order chi connectivity index (χ1) is 9.74. The normalized spacial score (nSPS) is 26.6. The highest BCUT2D eigenvalue weighted by Crippen LogP contribution is 2.23. The second-order valence-electron chi connectivity index (χ2n) is 7.66. The number of hydrogen-bond donors (Lipinski definition) is 2. The van der Waals surface area contributed by atoms with Crippen LogP contribution in [0, 0.1) is 11.8 Å². The summed E-state index contributed by atoms with van der Waals surface area (Å²) in [5.41, 5.74) is 0.778. The zero-order valence-electron chi connectivity index (χ0n) is 13.8. The van der Waals surface area contributed by atoms with Crippen molar-refractivity contribution in [2.75, 3.05) is 25.0 Å². The Hall–Kier alpha value is -1.36. The molecule has 1 aromatic heterocycles. The van der Waals surface area contributed by atoms with E-state index in [9.17, 15) is 4.79 Å². The maximum atomic E-state index is 12.1. The number of carbonyl (C=O) groups excluding carboxylic acids is 1. The molecule has 1 saturated heterocycles. The molecule has 1 aromatic rings. The van der Waals surface area contributed by atoms with Gasteiger partial charge in [0.15, 0.2) is 6.54 Å².